The van der Waals surface area contributed by atoms with Crippen molar-refractivity contribution in [3.63, 3.8) is 0 Å². The van der Waals surface area contributed by atoms with E-state index in [1.54, 1.807) is 23.9 Å². The Bertz CT molecular complexity index is 1300. The summed E-state index contributed by atoms with van der Waals surface area (Å²) in [4.78, 5) is 22.8. The fourth-order valence-corrected chi connectivity index (χ4v) is 4.02. The van der Waals surface area contributed by atoms with Crippen LogP contribution in [0.15, 0.2) is 36.9 Å². The molecule has 1 aliphatic carbocycles. The van der Waals surface area contributed by atoms with Crippen molar-refractivity contribution in [3.05, 3.63) is 53.3 Å². The zero-order valence-corrected chi connectivity index (χ0v) is 18.2. The van der Waals surface area contributed by atoms with Crippen molar-refractivity contribution >= 4 is 34.7 Å². The number of nitrogens with zero attached hydrogens (tertiary/aromatic N) is 7. The fourth-order valence-electron chi connectivity index (χ4n) is 3.78. The van der Waals surface area contributed by atoms with Gasteiger partial charge in [0.25, 0.3) is 0 Å². The van der Waals surface area contributed by atoms with Crippen LogP contribution in [-0.4, -0.2) is 54.3 Å². The molecular formula is C20H20ClN9O2. The predicted octanol–water partition coefficient (Wildman–Crippen LogP) is 2.99. The molecule has 2 amide bonds. The second kappa shape index (κ2) is 7.84. The van der Waals surface area contributed by atoms with Gasteiger partial charge >= 0.3 is 6.03 Å². The van der Waals surface area contributed by atoms with Crippen molar-refractivity contribution in [2.24, 2.45) is 0 Å². The zero-order valence-electron chi connectivity index (χ0n) is 17.4. The van der Waals surface area contributed by atoms with Gasteiger partial charge < -0.3 is 15.4 Å². The van der Waals surface area contributed by atoms with Gasteiger partial charge in [-0.2, -0.15) is 15.3 Å². The highest BCUT2D eigenvalue weighted by Gasteiger charge is 2.48. The summed E-state index contributed by atoms with van der Waals surface area (Å²) in [6.07, 6.45) is 8.07. The third kappa shape index (κ3) is 3.65. The molecular weight excluding hydrogens is 434 g/mol. The Balaban J connectivity index is 1.41. The number of aromatic nitrogens is 7. The molecule has 0 aliphatic heterocycles. The van der Waals surface area contributed by atoms with Gasteiger partial charge in [-0.3, -0.25) is 0 Å². The Morgan fingerprint density at radius 1 is 1.19 bits per heavy atom. The Morgan fingerprint density at radius 2 is 1.97 bits per heavy atom. The molecule has 4 heterocycles. The number of aryl methyl sites for hydroxylation is 1. The molecule has 0 radical (unpaired) electrons. The Hall–Kier alpha value is -3.57. The monoisotopic (exact) mass is 453 g/mol. The number of carbonyl (C=O) groups is 1. The molecule has 5 rings (SSSR count). The third-order valence-electron chi connectivity index (χ3n) is 5.32. The zero-order chi connectivity index (χ0) is 22.3. The molecule has 0 aromatic carbocycles. The van der Waals surface area contributed by atoms with Gasteiger partial charge in [-0.15, -0.1) is 4.80 Å². The summed E-state index contributed by atoms with van der Waals surface area (Å²) < 4.78 is 7.26. The Morgan fingerprint density at radius 3 is 2.66 bits per heavy atom. The molecule has 1 aliphatic rings. The lowest BCUT2D eigenvalue weighted by atomic mass is 10.0. The molecule has 4 aromatic rings. The Kier molecular flexibility index (Phi) is 4.98. The van der Waals surface area contributed by atoms with E-state index in [1.165, 1.54) is 23.4 Å². The number of pyridine rings is 1. The molecule has 2 N–H and O–H groups in total. The lowest BCUT2D eigenvalue weighted by Crippen LogP contribution is -2.26. The van der Waals surface area contributed by atoms with Gasteiger partial charge in [0.2, 0.25) is 0 Å². The SMILES string of the molecule is COCC1(c2c(NC(=O)Nc3cnc(-n4nccn4)c(Cl)c3)cnc3cc(C)nn23)CC1. The van der Waals surface area contributed by atoms with Crippen LogP contribution in [-0.2, 0) is 10.2 Å². The number of methoxy groups -OCH3 is 1. The summed E-state index contributed by atoms with van der Waals surface area (Å²) in [5, 5.41) is 18.5. The third-order valence-corrected chi connectivity index (χ3v) is 5.60. The van der Waals surface area contributed by atoms with Gasteiger partial charge in [-0.1, -0.05) is 11.6 Å². The molecule has 0 unspecified atom stereocenters. The van der Waals surface area contributed by atoms with E-state index >= 15 is 0 Å². The molecule has 0 spiro atoms. The van der Waals surface area contributed by atoms with Crippen LogP contribution >= 0.6 is 11.6 Å². The van der Waals surface area contributed by atoms with Crippen LogP contribution in [0.2, 0.25) is 5.02 Å². The number of nitrogens with one attached hydrogen (secondary N) is 2. The minimum Gasteiger partial charge on any atom is -0.384 e. The second-order valence-electron chi connectivity index (χ2n) is 7.72. The van der Waals surface area contributed by atoms with Crippen LogP contribution in [0.5, 0.6) is 0 Å². The number of urea groups is 1. The van der Waals surface area contributed by atoms with Crippen LogP contribution in [0.25, 0.3) is 11.5 Å². The van der Waals surface area contributed by atoms with Crippen LogP contribution in [0.1, 0.15) is 24.2 Å². The molecule has 0 saturated heterocycles. The number of hydrogen-bond acceptors (Lipinski definition) is 7. The van der Waals surface area contributed by atoms with Crippen LogP contribution < -0.4 is 10.6 Å². The molecule has 0 atom stereocenters. The number of hydrogen-bond donors (Lipinski definition) is 2. The largest absolute Gasteiger partial charge is 0.384 e. The number of rotatable bonds is 6. The van der Waals surface area contributed by atoms with Crippen LogP contribution in [0.3, 0.4) is 0 Å². The number of amides is 2. The van der Waals surface area contributed by atoms with E-state index in [9.17, 15) is 4.79 Å². The number of fused-ring (bicyclic) bond motifs is 1. The number of halogens is 1. The van der Waals surface area contributed by atoms with E-state index in [1.807, 2.05) is 13.0 Å². The molecule has 1 fully saturated rings. The van der Waals surface area contributed by atoms with E-state index in [0.717, 1.165) is 29.9 Å². The van der Waals surface area contributed by atoms with Crippen molar-refractivity contribution in [2.45, 2.75) is 25.2 Å². The summed E-state index contributed by atoms with van der Waals surface area (Å²) in [6, 6.07) is 3.03. The molecule has 12 heteroatoms. The summed E-state index contributed by atoms with van der Waals surface area (Å²) in [6.45, 7) is 2.44. The molecule has 1 saturated carbocycles. The molecule has 4 aromatic heterocycles. The second-order valence-corrected chi connectivity index (χ2v) is 8.12. The first-order valence-corrected chi connectivity index (χ1v) is 10.3. The van der Waals surface area contributed by atoms with Gasteiger partial charge in [-0.05, 0) is 25.8 Å². The lowest BCUT2D eigenvalue weighted by Gasteiger charge is -2.20. The maximum Gasteiger partial charge on any atom is 0.323 e. The molecule has 164 valence electrons. The number of ether oxygens (including phenoxy) is 1. The van der Waals surface area contributed by atoms with Gasteiger partial charge in [0.1, 0.15) is 0 Å². The highest BCUT2D eigenvalue weighted by atomic mass is 35.5. The molecule has 0 bridgehead atoms. The van der Waals surface area contributed by atoms with Crippen LogP contribution in [0, 0.1) is 6.92 Å². The van der Waals surface area contributed by atoms with Crippen LogP contribution in [0.4, 0.5) is 16.2 Å². The highest BCUT2D eigenvalue weighted by Crippen LogP contribution is 2.50. The minimum atomic E-state index is -0.452. The molecule has 11 nitrogen and oxygen atoms in total. The Labute approximate surface area is 187 Å². The maximum absolute atomic E-state index is 12.8. The van der Waals surface area contributed by atoms with Gasteiger partial charge in [-0.25, -0.2) is 19.3 Å². The topological polar surface area (TPSA) is 124 Å². The van der Waals surface area contributed by atoms with Crippen molar-refractivity contribution < 1.29 is 9.53 Å². The summed E-state index contributed by atoms with van der Waals surface area (Å²) in [7, 11) is 1.67. The fraction of sp³-hybridized carbons (Fsp3) is 0.300. The van der Waals surface area contributed by atoms with E-state index in [0.29, 0.717) is 28.8 Å². The average Bonchev–Trinajstić information content (AvgIpc) is 3.15. The molecule has 32 heavy (non-hydrogen) atoms. The first kappa shape index (κ1) is 20.3. The van der Waals surface area contributed by atoms with Crippen molar-refractivity contribution in [1.82, 2.24) is 34.6 Å². The van der Waals surface area contributed by atoms with Gasteiger partial charge in [0, 0.05) is 18.6 Å². The smallest absolute Gasteiger partial charge is 0.323 e. The van der Waals surface area contributed by atoms with Gasteiger partial charge in [0.05, 0.1) is 59.2 Å². The highest BCUT2D eigenvalue weighted by molar-refractivity contribution is 6.32. The normalized spacial score (nSPS) is 14.5. The first-order chi connectivity index (χ1) is 15.5. The standard InChI is InChI=1S/C20H20ClN9O2/c1-12-7-16-22-10-15(17(29(16)28-12)20(3-4-20)11-32-2)27-19(31)26-13-8-14(21)18(23-9-13)30-24-5-6-25-30/h5-10H,3-4,11H2,1-2H3,(H2,26,27,31). The first-order valence-electron chi connectivity index (χ1n) is 9.94. The summed E-state index contributed by atoms with van der Waals surface area (Å²) in [5.41, 5.74) is 3.24. The van der Waals surface area contributed by atoms with E-state index in [2.05, 4.69) is 35.9 Å². The van der Waals surface area contributed by atoms with E-state index in [-0.39, 0.29) is 5.41 Å². The van der Waals surface area contributed by atoms with E-state index in [4.69, 9.17) is 16.3 Å². The average molecular weight is 454 g/mol. The number of carbonyl (C=O) groups excluding carboxylic acids is 1. The quantitative estimate of drug-likeness (QED) is 0.459. The summed E-state index contributed by atoms with van der Waals surface area (Å²) in [5.74, 6) is 0.365. The van der Waals surface area contributed by atoms with Crippen molar-refractivity contribution in [1.29, 1.82) is 0 Å². The van der Waals surface area contributed by atoms with E-state index < -0.39 is 6.03 Å². The van der Waals surface area contributed by atoms with Crippen molar-refractivity contribution in [3.8, 4) is 5.82 Å². The maximum atomic E-state index is 12.8. The minimum absolute atomic E-state index is 0.208. The predicted molar refractivity (Wildman–Crippen MR) is 117 cm³/mol. The number of anilines is 2. The summed E-state index contributed by atoms with van der Waals surface area (Å²) >= 11 is 6.29. The lowest BCUT2D eigenvalue weighted by molar-refractivity contribution is 0.169. The van der Waals surface area contributed by atoms with Gasteiger partial charge in [0.15, 0.2) is 11.5 Å². The van der Waals surface area contributed by atoms with Crippen molar-refractivity contribution in [2.75, 3.05) is 24.4 Å².